The molecule has 0 saturated heterocycles. The third-order valence-electron chi connectivity index (χ3n) is 13.9. The Hall–Kier alpha value is -8.55. The van der Waals surface area contributed by atoms with Gasteiger partial charge in [-0.3, -0.25) is 4.57 Å². The molecule has 4 heterocycles. The molecular formula is C64H42N4S2. The van der Waals surface area contributed by atoms with Crippen LogP contribution in [0.3, 0.4) is 0 Å². The van der Waals surface area contributed by atoms with E-state index < -0.39 is 10.0 Å². The number of fused-ring (bicyclic) bond motifs is 9. The SMILES string of the molecule is c1ccc(S(c2ccccc2)(c2ccccc2)c2cccc(-c3cc(-n4c5ccccc5c5cc(-n6c7ccccc7c7ccccc76)ccc54)nc(-c4cccc5c4sc4ccccc45)n3)c2)cc1. The average Bonchev–Trinajstić information content (AvgIpc) is 4.10. The van der Waals surface area contributed by atoms with Crippen LogP contribution < -0.4 is 0 Å². The van der Waals surface area contributed by atoms with Gasteiger partial charge in [0.15, 0.2) is 5.82 Å². The molecule has 0 fully saturated rings. The molecule has 0 aliphatic carbocycles. The largest absolute Gasteiger partial charge is 0.309 e. The van der Waals surface area contributed by atoms with Gasteiger partial charge in [0.2, 0.25) is 0 Å². The molecule has 0 saturated carbocycles. The van der Waals surface area contributed by atoms with Crippen molar-refractivity contribution < 1.29 is 0 Å². The molecule has 330 valence electrons. The van der Waals surface area contributed by atoms with Crippen molar-refractivity contribution in [2.45, 2.75) is 19.6 Å². The molecule has 14 aromatic rings. The van der Waals surface area contributed by atoms with Crippen LogP contribution in [0.2, 0.25) is 0 Å². The lowest BCUT2D eigenvalue weighted by Gasteiger charge is -2.42. The first-order valence-corrected chi connectivity index (χ1v) is 26.1. The van der Waals surface area contributed by atoms with Gasteiger partial charge >= 0.3 is 0 Å². The van der Waals surface area contributed by atoms with E-state index in [-0.39, 0.29) is 0 Å². The second kappa shape index (κ2) is 16.3. The standard InChI is InChI=1S/C64H42N4S2/c1-4-21-45(22-5-1)70(46-23-6-2-7-24-46,47-25-8-3-9-26-47)48-27-18-20-43(40-48)56-42-62(66-64(65-56)54-33-19-32-53-52-31-13-17-37-61(52)69-63(53)54)68-59-36-16-12-30-51(59)55-41-44(38-39-60(55)68)67-57-34-14-10-28-49(57)50-29-11-15-35-58(50)67/h1-42H. The third kappa shape index (κ3) is 6.24. The molecule has 0 atom stereocenters. The number of benzene rings is 10. The topological polar surface area (TPSA) is 35.6 Å². The van der Waals surface area contributed by atoms with E-state index in [2.05, 4.69) is 264 Å². The Kier molecular flexibility index (Phi) is 9.44. The van der Waals surface area contributed by atoms with Gasteiger partial charge in [0.05, 0.1) is 27.8 Å². The number of nitrogens with zero attached hydrogens (tertiary/aromatic N) is 4. The first-order chi connectivity index (χ1) is 34.7. The molecule has 6 heteroatoms. The number of thiophene rings is 1. The van der Waals surface area contributed by atoms with E-state index in [1.807, 2.05) is 11.3 Å². The smallest absolute Gasteiger partial charge is 0.163 e. The maximum Gasteiger partial charge on any atom is 0.163 e. The lowest BCUT2D eigenvalue weighted by Crippen LogP contribution is -2.06. The summed E-state index contributed by atoms with van der Waals surface area (Å²) < 4.78 is 7.17. The molecule has 0 aliphatic rings. The van der Waals surface area contributed by atoms with Crippen LogP contribution in [-0.4, -0.2) is 19.1 Å². The summed E-state index contributed by atoms with van der Waals surface area (Å²) in [5.74, 6) is 1.50. The fraction of sp³-hybridized carbons (Fsp3) is 0. The molecular weight excluding hydrogens is 889 g/mol. The minimum Gasteiger partial charge on any atom is -0.309 e. The predicted octanol–water partition coefficient (Wildman–Crippen LogP) is 17.7. The van der Waals surface area contributed by atoms with Gasteiger partial charge in [-0.05, 0) is 97.1 Å². The summed E-state index contributed by atoms with van der Waals surface area (Å²) in [5.41, 5.74) is 8.56. The van der Waals surface area contributed by atoms with Crippen LogP contribution in [0.5, 0.6) is 0 Å². The Morgan fingerprint density at radius 2 is 0.843 bits per heavy atom. The number of rotatable bonds is 8. The Morgan fingerprint density at radius 1 is 0.343 bits per heavy atom. The van der Waals surface area contributed by atoms with Crippen LogP contribution >= 0.6 is 21.4 Å². The van der Waals surface area contributed by atoms with Crippen molar-refractivity contribution in [1.29, 1.82) is 0 Å². The monoisotopic (exact) mass is 930 g/mol. The van der Waals surface area contributed by atoms with E-state index in [1.165, 1.54) is 61.6 Å². The van der Waals surface area contributed by atoms with Crippen molar-refractivity contribution >= 4 is 85.1 Å². The summed E-state index contributed by atoms with van der Waals surface area (Å²) >= 11 is 1.81. The molecule has 0 spiro atoms. The molecule has 0 bridgehead atoms. The van der Waals surface area contributed by atoms with E-state index in [4.69, 9.17) is 9.97 Å². The molecule has 0 unspecified atom stereocenters. The number of hydrogen-bond donors (Lipinski definition) is 0. The lowest BCUT2D eigenvalue weighted by molar-refractivity contribution is 1.05. The van der Waals surface area contributed by atoms with E-state index in [1.54, 1.807) is 0 Å². The fourth-order valence-electron chi connectivity index (χ4n) is 10.8. The van der Waals surface area contributed by atoms with Crippen LogP contribution in [0, 0.1) is 0 Å². The molecule has 0 N–H and O–H groups in total. The summed E-state index contributed by atoms with van der Waals surface area (Å²) in [5, 5.41) is 7.28. The van der Waals surface area contributed by atoms with Gasteiger partial charge < -0.3 is 4.57 Å². The number of aromatic nitrogens is 4. The maximum absolute atomic E-state index is 5.62. The summed E-state index contributed by atoms with van der Waals surface area (Å²) in [7, 11) is -1.96. The Bertz CT molecular complexity index is 4150. The maximum atomic E-state index is 5.62. The molecule has 4 nitrogen and oxygen atoms in total. The van der Waals surface area contributed by atoms with Crippen LogP contribution in [0.4, 0.5) is 0 Å². The van der Waals surface area contributed by atoms with Crippen molar-refractivity contribution in [1.82, 2.24) is 19.1 Å². The Morgan fingerprint density at radius 3 is 1.49 bits per heavy atom. The van der Waals surface area contributed by atoms with Crippen LogP contribution in [0.25, 0.3) is 97.9 Å². The lowest BCUT2D eigenvalue weighted by atomic mass is 10.1. The molecule has 0 aliphatic heterocycles. The van der Waals surface area contributed by atoms with E-state index in [0.717, 1.165) is 50.1 Å². The van der Waals surface area contributed by atoms with Gasteiger partial charge in [0.25, 0.3) is 0 Å². The Balaban J connectivity index is 1.03. The number of para-hydroxylation sites is 3. The zero-order chi connectivity index (χ0) is 46.2. The van der Waals surface area contributed by atoms with Crippen molar-refractivity contribution in [3.8, 4) is 34.2 Å². The molecule has 0 radical (unpaired) electrons. The van der Waals surface area contributed by atoms with E-state index in [0.29, 0.717) is 5.82 Å². The Labute approximate surface area is 410 Å². The summed E-state index contributed by atoms with van der Waals surface area (Å²) in [6, 6.07) is 92.8. The van der Waals surface area contributed by atoms with Gasteiger partial charge in [0, 0.05) is 84.2 Å². The predicted molar refractivity (Wildman–Crippen MR) is 294 cm³/mol. The van der Waals surface area contributed by atoms with Gasteiger partial charge in [-0.15, -0.1) is 21.4 Å². The molecule has 4 aromatic heterocycles. The van der Waals surface area contributed by atoms with Crippen molar-refractivity contribution in [3.63, 3.8) is 0 Å². The summed E-state index contributed by atoms with van der Waals surface area (Å²) in [4.78, 5) is 16.3. The molecule has 14 rings (SSSR count). The fourth-order valence-corrected chi connectivity index (χ4v) is 16.0. The second-order valence-corrected chi connectivity index (χ2v) is 21.9. The van der Waals surface area contributed by atoms with E-state index in [9.17, 15) is 0 Å². The first-order valence-electron chi connectivity index (χ1n) is 23.6. The summed E-state index contributed by atoms with van der Waals surface area (Å²) in [6.07, 6.45) is 0. The zero-order valence-electron chi connectivity index (χ0n) is 37.9. The highest BCUT2D eigenvalue weighted by Gasteiger charge is 2.33. The van der Waals surface area contributed by atoms with Crippen molar-refractivity contribution in [3.05, 3.63) is 255 Å². The molecule has 0 amide bonds. The second-order valence-electron chi connectivity index (χ2n) is 17.7. The number of hydrogen-bond acceptors (Lipinski definition) is 3. The molecule has 10 aromatic carbocycles. The van der Waals surface area contributed by atoms with Crippen LogP contribution in [0.1, 0.15) is 0 Å². The average molecular weight is 931 g/mol. The highest BCUT2D eigenvalue weighted by atomic mass is 32.3. The van der Waals surface area contributed by atoms with Gasteiger partial charge in [-0.25, -0.2) is 9.97 Å². The minimum absolute atomic E-state index is 0.690. The first kappa shape index (κ1) is 40.5. The van der Waals surface area contributed by atoms with Crippen LogP contribution in [0.15, 0.2) is 274 Å². The molecule has 70 heavy (non-hydrogen) atoms. The van der Waals surface area contributed by atoms with Gasteiger partial charge in [-0.1, -0.05) is 152 Å². The minimum atomic E-state index is -1.96. The van der Waals surface area contributed by atoms with Crippen molar-refractivity contribution in [2.75, 3.05) is 0 Å². The van der Waals surface area contributed by atoms with Gasteiger partial charge in [0.1, 0.15) is 5.82 Å². The quantitative estimate of drug-likeness (QED) is 0.152. The third-order valence-corrected chi connectivity index (χ3v) is 19.0. The van der Waals surface area contributed by atoms with E-state index >= 15 is 0 Å². The van der Waals surface area contributed by atoms with Gasteiger partial charge in [-0.2, -0.15) is 0 Å². The highest BCUT2D eigenvalue weighted by Crippen LogP contribution is 2.73. The normalized spacial score (nSPS) is 12.2. The zero-order valence-corrected chi connectivity index (χ0v) is 39.5. The highest BCUT2D eigenvalue weighted by molar-refractivity contribution is 8.34. The van der Waals surface area contributed by atoms with Crippen LogP contribution in [-0.2, 0) is 0 Å². The summed E-state index contributed by atoms with van der Waals surface area (Å²) in [6.45, 7) is 0. The van der Waals surface area contributed by atoms with Crippen molar-refractivity contribution in [2.24, 2.45) is 0 Å².